The molecule has 3 aromatic carbocycles. The molecule has 0 spiro atoms. The molecule has 0 bridgehead atoms. The number of ether oxygens (including phenoxy) is 2. The van der Waals surface area contributed by atoms with Gasteiger partial charge in [-0.2, -0.15) is 10.4 Å². The van der Waals surface area contributed by atoms with Crippen LogP contribution in [-0.2, 0) is 4.79 Å². The van der Waals surface area contributed by atoms with Crippen molar-refractivity contribution in [2.75, 3.05) is 18.5 Å². The summed E-state index contributed by atoms with van der Waals surface area (Å²) in [5, 5.41) is 17.5. The molecule has 0 aliphatic rings. The number of nitriles is 1. The lowest BCUT2D eigenvalue weighted by atomic mass is 10.0. The van der Waals surface area contributed by atoms with E-state index < -0.39 is 5.91 Å². The summed E-state index contributed by atoms with van der Waals surface area (Å²) in [6.45, 7) is 7.16. The summed E-state index contributed by atoms with van der Waals surface area (Å²) in [5.41, 5.74) is 4.58. The van der Waals surface area contributed by atoms with E-state index >= 15 is 0 Å². The van der Waals surface area contributed by atoms with Gasteiger partial charge >= 0.3 is 0 Å². The molecule has 7 heteroatoms. The molecule has 1 amide bonds. The van der Waals surface area contributed by atoms with Crippen molar-refractivity contribution in [1.82, 2.24) is 9.78 Å². The fraction of sp³-hybridized carbons (Fsp3) is 0.194. The second kappa shape index (κ2) is 12.4. The van der Waals surface area contributed by atoms with Crippen molar-refractivity contribution >= 4 is 17.7 Å². The molecule has 0 atom stereocenters. The number of aromatic nitrogens is 2. The van der Waals surface area contributed by atoms with Crippen LogP contribution in [0.2, 0.25) is 0 Å². The smallest absolute Gasteiger partial charge is 0.266 e. The van der Waals surface area contributed by atoms with Crippen LogP contribution in [0.1, 0.15) is 31.4 Å². The molecular formula is C31H30N4O3. The van der Waals surface area contributed by atoms with Gasteiger partial charge in [0.1, 0.15) is 28.8 Å². The van der Waals surface area contributed by atoms with Gasteiger partial charge in [-0.1, -0.05) is 25.1 Å². The summed E-state index contributed by atoms with van der Waals surface area (Å²) in [6.07, 6.45) is 4.33. The van der Waals surface area contributed by atoms with Crippen LogP contribution in [0.4, 0.5) is 5.69 Å². The molecule has 1 N–H and O–H groups in total. The summed E-state index contributed by atoms with van der Waals surface area (Å²) in [4.78, 5) is 13.0. The maximum Gasteiger partial charge on any atom is 0.266 e. The van der Waals surface area contributed by atoms with Crippen molar-refractivity contribution in [2.24, 2.45) is 0 Å². The van der Waals surface area contributed by atoms with Crippen LogP contribution < -0.4 is 14.8 Å². The SMILES string of the molecule is CCCOc1ccc(-c2nn(-c3ccccc3)cc2C=C(C#N)C(=O)Nc2ccc(OCC)cc2)c(C)c1. The van der Waals surface area contributed by atoms with Crippen molar-refractivity contribution in [1.29, 1.82) is 5.26 Å². The lowest BCUT2D eigenvalue weighted by Gasteiger charge is -2.09. The number of hydrogen-bond donors (Lipinski definition) is 1. The normalized spacial score (nSPS) is 11.1. The van der Waals surface area contributed by atoms with Gasteiger partial charge in [0.15, 0.2) is 0 Å². The summed E-state index contributed by atoms with van der Waals surface area (Å²) in [7, 11) is 0. The zero-order valence-corrected chi connectivity index (χ0v) is 21.8. The third-order valence-corrected chi connectivity index (χ3v) is 5.78. The Morgan fingerprint density at radius 1 is 1.03 bits per heavy atom. The van der Waals surface area contributed by atoms with E-state index in [0.29, 0.717) is 35.9 Å². The first-order chi connectivity index (χ1) is 18.5. The molecule has 7 nitrogen and oxygen atoms in total. The van der Waals surface area contributed by atoms with Crippen LogP contribution in [0, 0.1) is 18.3 Å². The van der Waals surface area contributed by atoms with Crippen LogP contribution in [0.15, 0.2) is 84.6 Å². The molecule has 0 radical (unpaired) electrons. The molecule has 0 aliphatic heterocycles. The second-order valence-corrected chi connectivity index (χ2v) is 8.62. The Morgan fingerprint density at radius 3 is 2.42 bits per heavy atom. The Labute approximate surface area is 223 Å². The Kier molecular flexibility index (Phi) is 8.57. The highest BCUT2D eigenvalue weighted by atomic mass is 16.5. The summed E-state index contributed by atoms with van der Waals surface area (Å²) < 4.78 is 13.0. The van der Waals surface area contributed by atoms with Crippen molar-refractivity contribution in [3.05, 3.63) is 95.7 Å². The molecule has 0 aliphatic carbocycles. The minimum atomic E-state index is -0.505. The fourth-order valence-electron chi connectivity index (χ4n) is 3.93. The van der Waals surface area contributed by atoms with Gasteiger partial charge in [-0.05, 0) is 86.5 Å². The van der Waals surface area contributed by atoms with Gasteiger partial charge in [0.25, 0.3) is 5.91 Å². The van der Waals surface area contributed by atoms with E-state index in [9.17, 15) is 10.1 Å². The summed E-state index contributed by atoms with van der Waals surface area (Å²) in [6, 6.07) is 24.6. The Bertz CT molecular complexity index is 1470. The Balaban J connectivity index is 1.70. The quantitative estimate of drug-likeness (QED) is 0.194. The highest BCUT2D eigenvalue weighted by Crippen LogP contribution is 2.31. The van der Waals surface area contributed by atoms with E-state index in [1.807, 2.05) is 74.6 Å². The number of anilines is 1. The number of hydrogen-bond acceptors (Lipinski definition) is 5. The second-order valence-electron chi connectivity index (χ2n) is 8.62. The van der Waals surface area contributed by atoms with E-state index in [1.54, 1.807) is 35.0 Å². The average Bonchev–Trinajstić information content (AvgIpc) is 3.35. The van der Waals surface area contributed by atoms with Crippen molar-refractivity contribution in [2.45, 2.75) is 27.2 Å². The first-order valence-electron chi connectivity index (χ1n) is 12.6. The first kappa shape index (κ1) is 26.2. The lowest BCUT2D eigenvalue weighted by Crippen LogP contribution is -2.13. The number of aryl methyl sites for hydroxylation is 1. The van der Waals surface area contributed by atoms with Crippen LogP contribution in [0.25, 0.3) is 23.0 Å². The van der Waals surface area contributed by atoms with Crippen molar-refractivity contribution in [3.8, 4) is 34.5 Å². The van der Waals surface area contributed by atoms with Crippen molar-refractivity contribution < 1.29 is 14.3 Å². The van der Waals surface area contributed by atoms with Gasteiger partial charge in [-0.15, -0.1) is 0 Å². The predicted molar refractivity (Wildman–Crippen MR) is 149 cm³/mol. The maximum atomic E-state index is 13.0. The zero-order valence-electron chi connectivity index (χ0n) is 21.8. The van der Waals surface area contributed by atoms with E-state index in [-0.39, 0.29) is 5.57 Å². The highest BCUT2D eigenvalue weighted by Gasteiger charge is 2.17. The minimum absolute atomic E-state index is 0.0340. The number of rotatable bonds is 10. The first-order valence-corrected chi connectivity index (χ1v) is 12.6. The van der Waals surface area contributed by atoms with Gasteiger partial charge < -0.3 is 14.8 Å². The number of nitrogens with zero attached hydrogens (tertiary/aromatic N) is 3. The predicted octanol–water partition coefficient (Wildman–Crippen LogP) is 6.58. The Hall–Kier alpha value is -4.83. The molecule has 38 heavy (non-hydrogen) atoms. The lowest BCUT2D eigenvalue weighted by molar-refractivity contribution is -0.112. The molecule has 0 fully saturated rings. The summed E-state index contributed by atoms with van der Waals surface area (Å²) >= 11 is 0. The third kappa shape index (κ3) is 6.29. The molecule has 0 saturated carbocycles. The molecule has 4 aromatic rings. The van der Waals surface area contributed by atoms with E-state index in [0.717, 1.165) is 29.0 Å². The van der Waals surface area contributed by atoms with E-state index in [4.69, 9.17) is 14.6 Å². The third-order valence-electron chi connectivity index (χ3n) is 5.78. The average molecular weight is 507 g/mol. The largest absolute Gasteiger partial charge is 0.494 e. The fourth-order valence-corrected chi connectivity index (χ4v) is 3.93. The van der Waals surface area contributed by atoms with Crippen LogP contribution in [0.5, 0.6) is 11.5 Å². The molecule has 0 unspecified atom stereocenters. The van der Waals surface area contributed by atoms with E-state index in [2.05, 4.69) is 12.2 Å². The zero-order chi connectivity index (χ0) is 26.9. The summed E-state index contributed by atoms with van der Waals surface area (Å²) in [5.74, 6) is 0.997. The van der Waals surface area contributed by atoms with Crippen molar-refractivity contribution in [3.63, 3.8) is 0 Å². The Morgan fingerprint density at radius 2 is 1.76 bits per heavy atom. The number of carbonyl (C=O) groups is 1. The van der Waals surface area contributed by atoms with E-state index in [1.165, 1.54) is 0 Å². The number of nitrogens with one attached hydrogen (secondary N) is 1. The van der Waals surface area contributed by atoms with Crippen LogP contribution in [0.3, 0.4) is 0 Å². The van der Waals surface area contributed by atoms with Gasteiger partial charge in [0.05, 0.1) is 18.9 Å². The standard InChI is InChI=1S/C31H30N4O3/c1-4-17-38-28-15-16-29(22(3)18-28)30-24(21-35(34-30)26-9-7-6-8-10-26)19-23(20-32)31(36)33-25-11-13-27(14-12-25)37-5-2/h6-16,18-19,21H,4-5,17H2,1-3H3,(H,33,36). The number of carbonyl (C=O) groups excluding carboxylic acids is 1. The number of para-hydroxylation sites is 1. The van der Waals surface area contributed by atoms with Gasteiger partial charge in [0.2, 0.25) is 0 Å². The molecule has 0 saturated heterocycles. The number of benzene rings is 3. The molecule has 192 valence electrons. The number of amides is 1. The van der Waals surface area contributed by atoms with Gasteiger partial charge in [-0.25, -0.2) is 4.68 Å². The highest BCUT2D eigenvalue weighted by molar-refractivity contribution is 6.10. The van der Waals surface area contributed by atoms with Gasteiger partial charge in [0, 0.05) is 23.0 Å². The van der Waals surface area contributed by atoms with Gasteiger partial charge in [-0.3, -0.25) is 4.79 Å². The minimum Gasteiger partial charge on any atom is -0.494 e. The maximum absolute atomic E-state index is 13.0. The van der Waals surface area contributed by atoms with Crippen LogP contribution in [-0.4, -0.2) is 28.9 Å². The topological polar surface area (TPSA) is 89.2 Å². The molecular weight excluding hydrogens is 476 g/mol. The molecule has 1 heterocycles. The molecule has 1 aromatic heterocycles. The van der Waals surface area contributed by atoms with Crippen LogP contribution >= 0.6 is 0 Å². The monoisotopic (exact) mass is 506 g/mol. The molecule has 4 rings (SSSR count).